The molecule has 27 heavy (non-hydrogen) atoms. The van der Waals surface area contributed by atoms with Gasteiger partial charge in [0.25, 0.3) is 0 Å². The second-order valence-corrected chi connectivity index (χ2v) is 10.1. The first-order valence-electron chi connectivity index (χ1n) is 8.38. The van der Waals surface area contributed by atoms with Gasteiger partial charge in [-0.25, -0.2) is 16.8 Å². The van der Waals surface area contributed by atoms with Crippen LogP contribution in [0.1, 0.15) is 18.9 Å². The van der Waals surface area contributed by atoms with Crippen LogP contribution in [0.4, 0.5) is 0 Å². The van der Waals surface area contributed by atoms with Crippen LogP contribution < -0.4 is 5.73 Å². The number of sulfone groups is 1. The molecule has 0 saturated carbocycles. The van der Waals surface area contributed by atoms with Gasteiger partial charge in [-0.15, -0.1) is 12.4 Å². The van der Waals surface area contributed by atoms with Gasteiger partial charge in [0.05, 0.1) is 15.5 Å². The van der Waals surface area contributed by atoms with Crippen molar-refractivity contribution >= 4 is 32.3 Å². The maximum Gasteiger partial charge on any atom is 0.243 e. The highest BCUT2D eigenvalue weighted by Gasteiger charge is 2.25. The van der Waals surface area contributed by atoms with E-state index in [1.807, 2.05) is 30.3 Å². The standard InChI is InChI=1S/C18H24N2O4S2.ClH/c1-2-25(21,22)17-10-6-11-18(14-17)26(23,24)20(13-7-12-19)15-16-8-4-3-5-9-16;/h3-6,8-11,14H,2,7,12-13,15,19H2,1H3;1H. The summed E-state index contributed by atoms with van der Waals surface area (Å²) < 4.78 is 51.7. The molecule has 0 heterocycles. The van der Waals surface area contributed by atoms with E-state index in [1.165, 1.54) is 35.5 Å². The van der Waals surface area contributed by atoms with E-state index >= 15 is 0 Å². The Labute approximate surface area is 167 Å². The Morgan fingerprint density at radius 2 is 1.56 bits per heavy atom. The van der Waals surface area contributed by atoms with Gasteiger partial charge in [0.1, 0.15) is 0 Å². The average molecular weight is 433 g/mol. The van der Waals surface area contributed by atoms with E-state index in [0.717, 1.165) is 5.56 Å². The van der Waals surface area contributed by atoms with Crippen molar-refractivity contribution < 1.29 is 16.8 Å². The average Bonchev–Trinajstić information content (AvgIpc) is 2.66. The summed E-state index contributed by atoms with van der Waals surface area (Å²) in [5.41, 5.74) is 6.40. The first-order chi connectivity index (χ1) is 12.3. The van der Waals surface area contributed by atoms with Crippen LogP contribution in [-0.4, -0.2) is 40.0 Å². The highest BCUT2D eigenvalue weighted by molar-refractivity contribution is 7.91. The first kappa shape index (κ1) is 23.6. The van der Waals surface area contributed by atoms with Crippen LogP contribution in [0.2, 0.25) is 0 Å². The summed E-state index contributed by atoms with van der Waals surface area (Å²) in [5, 5.41) is 0. The lowest BCUT2D eigenvalue weighted by atomic mass is 10.2. The molecule has 0 aliphatic rings. The van der Waals surface area contributed by atoms with Crippen molar-refractivity contribution in [1.82, 2.24) is 4.31 Å². The van der Waals surface area contributed by atoms with E-state index < -0.39 is 19.9 Å². The van der Waals surface area contributed by atoms with E-state index in [0.29, 0.717) is 13.0 Å². The number of hydrogen-bond acceptors (Lipinski definition) is 5. The fourth-order valence-corrected chi connectivity index (χ4v) is 5.00. The van der Waals surface area contributed by atoms with E-state index in [-0.39, 0.29) is 41.0 Å². The molecule has 0 saturated heterocycles. The summed E-state index contributed by atoms with van der Waals surface area (Å²) >= 11 is 0. The smallest absolute Gasteiger partial charge is 0.243 e. The predicted molar refractivity (Wildman–Crippen MR) is 109 cm³/mol. The predicted octanol–water partition coefficient (Wildman–Crippen LogP) is 2.44. The largest absolute Gasteiger partial charge is 0.330 e. The maximum atomic E-state index is 13.1. The maximum absolute atomic E-state index is 13.1. The second kappa shape index (κ2) is 10.2. The van der Waals surface area contributed by atoms with Crippen LogP contribution in [-0.2, 0) is 26.4 Å². The van der Waals surface area contributed by atoms with Gasteiger partial charge >= 0.3 is 0 Å². The Morgan fingerprint density at radius 3 is 2.15 bits per heavy atom. The Morgan fingerprint density at radius 1 is 0.926 bits per heavy atom. The molecule has 0 aliphatic carbocycles. The lowest BCUT2D eigenvalue weighted by Gasteiger charge is -2.22. The number of sulfonamides is 1. The summed E-state index contributed by atoms with van der Waals surface area (Å²) in [6, 6.07) is 14.8. The van der Waals surface area contributed by atoms with Crippen LogP contribution in [0, 0.1) is 0 Å². The van der Waals surface area contributed by atoms with Gasteiger partial charge in [-0.3, -0.25) is 0 Å². The lowest BCUT2D eigenvalue weighted by Crippen LogP contribution is -2.32. The minimum Gasteiger partial charge on any atom is -0.330 e. The first-order valence-corrected chi connectivity index (χ1v) is 11.5. The van der Waals surface area contributed by atoms with Crippen LogP contribution >= 0.6 is 12.4 Å². The molecule has 2 aromatic rings. The van der Waals surface area contributed by atoms with Crippen molar-refractivity contribution in [2.45, 2.75) is 29.7 Å². The highest BCUT2D eigenvalue weighted by atomic mass is 35.5. The number of nitrogens with zero attached hydrogens (tertiary/aromatic N) is 1. The van der Waals surface area contributed by atoms with Crippen molar-refractivity contribution in [3.05, 3.63) is 60.2 Å². The quantitative estimate of drug-likeness (QED) is 0.656. The number of benzene rings is 2. The molecule has 2 N–H and O–H groups in total. The SMILES string of the molecule is CCS(=O)(=O)c1cccc(S(=O)(=O)N(CCCN)Cc2ccccc2)c1.Cl. The van der Waals surface area contributed by atoms with E-state index in [1.54, 1.807) is 0 Å². The summed E-state index contributed by atoms with van der Waals surface area (Å²) in [6.07, 6.45) is 0.513. The molecular weight excluding hydrogens is 408 g/mol. The van der Waals surface area contributed by atoms with Gasteiger partial charge in [0, 0.05) is 13.1 Å². The molecule has 0 unspecified atom stereocenters. The summed E-state index contributed by atoms with van der Waals surface area (Å²) in [5.74, 6) is -0.0859. The monoisotopic (exact) mass is 432 g/mol. The van der Waals surface area contributed by atoms with E-state index in [9.17, 15) is 16.8 Å². The summed E-state index contributed by atoms with van der Waals surface area (Å²) in [6.45, 7) is 2.36. The van der Waals surface area contributed by atoms with Gasteiger partial charge < -0.3 is 5.73 Å². The van der Waals surface area contributed by atoms with Crippen LogP contribution in [0.25, 0.3) is 0 Å². The molecule has 150 valence electrons. The zero-order valence-electron chi connectivity index (χ0n) is 15.1. The van der Waals surface area contributed by atoms with E-state index in [4.69, 9.17) is 5.73 Å². The second-order valence-electron chi connectivity index (χ2n) is 5.84. The Balaban J connectivity index is 0.00000364. The zero-order chi connectivity index (χ0) is 19.2. The third-order valence-corrected chi connectivity index (χ3v) is 7.57. The molecular formula is C18H25ClN2O4S2. The van der Waals surface area contributed by atoms with Crippen molar-refractivity contribution in [3.63, 3.8) is 0 Å². The summed E-state index contributed by atoms with van der Waals surface area (Å²) in [7, 11) is -7.33. The van der Waals surface area contributed by atoms with Gasteiger partial charge in [-0.1, -0.05) is 43.3 Å². The van der Waals surface area contributed by atoms with Crippen LogP contribution in [0.15, 0.2) is 64.4 Å². The number of halogens is 1. The minimum absolute atomic E-state index is 0. The van der Waals surface area contributed by atoms with Gasteiger partial charge in [0.2, 0.25) is 10.0 Å². The molecule has 2 aromatic carbocycles. The molecule has 0 aliphatic heterocycles. The lowest BCUT2D eigenvalue weighted by molar-refractivity contribution is 0.401. The third kappa shape index (κ3) is 6.02. The number of nitrogens with two attached hydrogens (primary N) is 1. The topological polar surface area (TPSA) is 97.5 Å². The fraction of sp³-hybridized carbons (Fsp3) is 0.333. The molecule has 0 fully saturated rings. The zero-order valence-corrected chi connectivity index (χ0v) is 17.6. The molecule has 0 aromatic heterocycles. The molecule has 9 heteroatoms. The van der Waals surface area contributed by atoms with Crippen molar-refractivity contribution in [2.24, 2.45) is 5.73 Å². The Hall–Kier alpha value is -1.45. The normalized spacial score (nSPS) is 12.0. The third-order valence-electron chi connectivity index (χ3n) is 4.00. The molecule has 0 atom stereocenters. The Kier molecular flexibility index (Phi) is 8.90. The molecule has 2 rings (SSSR count). The van der Waals surface area contributed by atoms with E-state index in [2.05, 4.69) is 0 Å². The fourth-order valence-electron chi connectivity index (χ4n) is 2.48. The highest BCUT2D eigenvalue weighted by Crippen LogP contribution is 2.22. The Bertz CT molecular complexity index is 933. The minimum atomic E-state index is -3.85. The van der Waals surface area contributed by atoms with Crippen molar-refractivity contribution in [2.75, 3.05) is 18.8 Å². The summed E-state index contributed by atoms with van der Waals surface area (Å²) in [4.78, 5) is -0.0143. The molecule has 0 radical (unpaired) electrons. The molecule has 0 amide bonds. The van der Waals surface area contributed by atoms with Gasteiger partial charge in [-0.2, -0.15) is 4.31 Å². The van der Waals surface area contributed by atoms with Gasteiger partial charge in [0.15, 0.2) is 9.84 Å². The van der Waals surface area contributed by atoms with Crippen LogP contribution in [0.3, 0.4) is 0 Å². The van der Waals surface area contributed by atoms with Crippen molar-refractivity contribution in [1.29, 1.82) is 0 Å². The molecule has 0 spiro atoms. The number of hydrogen-bond donors (Lipinski definition) is 1. The van der Waals surface area contributed by atoms with Crippen LogP contribution in [0.5, 0.6) is 0 Å². The number of rotatable bonds is 9. The molecule has 0 bridgehead atoms. The van der Waals surface area contributed by atoms with Crippen molar-refractivity contribution in [3.8, 4) is 0 Å². The molecule has 6 nitrogen and oxygen atoms in total. The van der Waals surface area contributed by atoms with Gasteiger partial charge in [-0.05, 0) is 36.7 Å².